The molecule has 0 saturated heterocycles. The number of aliphatic hydroxyl groups is 5. The van der Waals surface area contributed by atoms with E-state index < -0.39 is 36.6 Å². The van der Waals surface area contributed by atoms with Crippen LogP contribution in [0.5, 0.6) is 0 Å². The second kappa shape index (κ2) is 3.25. The van der Waals surface area contributed by atoms with E-state index >= 15 is 0 Å². The van der Waals surface area contributed by atoms with E-state index in [-0.39, 0.29) is 0 Å². The van der Waals surface area contributed by atoms with Crippen molar-refractivity contribution in [3.8, 4) is 0 Å². The third-order valence-electron chi connectivity index (χ3n) is 2.28. The van der Waals surface area contributed by atoms with E-state index in [9.17, 15) is 0 Å². The first-order valence-corrected chi connectivity index (χ1v) is 3.70. The largest absolute Gasteiger partial charge is 0.387 e. The minimum Gasteiger partial charge on any atom is -0.387 e. The van der Waals surface area contributed by atoms with Gasteiger partial charge in [0.15, 0.2) is 0 Å². The van der Waals surface area contributed by atoms with Gasteiger partial charge in [-0.05, 0) is 0 Å². The number of rotatable bonds is 0. The number of aliphatic hydroxyl groups excluding tert-OH is 5. The normalized spacial score (nSPS) is 55.5. The van der Waals surface area contributed by atoms with E-state index in [1.165, 1.54) is 0 Å². The summed E-state index contributed by atoms with van der Waals surface area (Å²) in [5.41, 5.74) is 3.36. The first kappa shape index (κ1) is 9.85. The molecule has 8 N–H and O–H groups in total. The van der Waals surface area contributed by atoms with Crippen molar-refractivity contribution in [2.45, 2.75) is 36.6 Å². The molecule has 0 radical (unpaired) electrons. The van der Waals surface area contributed by atoms with Gasteiger partial charge in [-0.2, -0.15) is 0 Å². The molecule has 12 heavy (non-hydrogen) atoms. The minimum absolute atomic E-state index is 0.890. The Labute approximate surface area is 68.9 Å². The number of hydrogen-bond acceptors (Lipinski definition) is 5. The molecule has 1 saturated carbocycles. The molecule has 6 atom stereocenters. The molecule has 0 bridgehead atoms. The highest BCUT2D eigenvalue weighted by Crippen LogP contribution is 2.18. The Morgan fingerprint density at radius 2 is 0.833 bits per heavy atom. The molecule has 2 unspecified atom stereocenters. The van der Waals surface area contributed by atoms with Crippen LogP contribution in [0.1, 0.15) is 0 Å². The van der Waals surface area contributed by atoms with Gasteiger partial charge in [0.25, 0.3) is 0 Å². The van der Waals surface area contributed by atoms with Gasteiger partial charge in [-0.15, -0.1) is 0 Å². The second-order valence-corrected chi connectivity index (χ2v) is 3.12. The van der Waals surface area contributed by atoms with E-state index in [4.69, 9.17) is 25.5 Å². The fourth-order valence-electron chi connectivity index (χ4n) is 1.31. The molecular formula is C6H14NO5+. The molecule has 0 heterocycles. The van der Waals surface area contributed by atoms with Crippen LogP contribution < -0.4 is 5.73 Å². The first-order valence-electron chi connectivity index (χ1n) is 3.70. The third-order valence-corrected chi connectivity index (χ3v) is 2.28. The van der Waals surface area contributed by atoms with Crippen molar-refractivity contribution in [1.29, 1.82) is 0 Å². The van der Waals surface area contributed by atoms with Gasteiger partial charge in [0, 0.05) is 0 Å². The van der Waals surface area contributed by atoms with Gasteiger partial charge < -0.3 is 31.3 Å². The molecule has 6 heteroatoms. The maximum absolute atomic E-state index is 9.16. The van der Waals surface area contributed by atoms with Crippen molar-refractivity contribution in [1.82, 2.24) is 0 Å². The van der Waals surface area contributed by atoms with E-state index in [0.29, 0.717) is 0 Å². The lowest BCUT2D eigenvalue weighted by atomic mass is 9.84. The Balaban J connectivity index is 2.76. The average molecular weight is 180 g/mol. The first-order chi connectivity index (χ1) is 5.46. The fraction of sp³-hybridized carbons (Fsp3) is 1.00. The van der Waals surface area contributed by atoms with Gasteiger partial charge in [-0.3, -0.25) is 0 Å². The van der Waals surface area contributed by atoms with Crippen LogP contribution in [0.4, 0.5) is 0 Å². The smallest absolute Gasteiger partial charge is 0.142 e. The highest BCUT2D eigenvalue weighted by atomic mass is 16.4. The van der Waals surface area contributed by atoms with Gasteiger partial charge in [-0.1, -0.05) is 0 Å². The zero-order chi connectivity index (χ0) is 9.46. The lowest BCUT2D eigenvalue weighted by Gasteiger charge is -2.37. The molecular weight excluding hydrogens is 166 g/mol. The Hall–Kier alpha value is -0.240. The maximum Gasteiger partial charge on any atom is 0.142 e. The topological polar surface area (TPSA) is 129 Å². The van der Waals surface area contributed by atoms with Crippen molar-refractivity contribution in [3.05, 3.63) is 0 Å². The van der Waals surface area contributed by atoms with Crippen LogP contribution in [0.2, 0.25) is 0 Å². The highest BCUT2D eigenvalue weighted by molar-refractivity contribution is 4.97. The quantitative estimate of drug-likeness (QED) is 0.223. The Morgan fingerprint density at radius 1 is 0.583 bits per heavy atom. The zero-order valence-corrected chi connectivity index (χ0v) is 6.41. The van der Waals surface area contributed by atoms with Crippen LogP contribution >= 0.6 is 0 Å². The summed E-state index contributed by atoms with van der Waals surface area (Å²) in [4.78, 5) is 0. The zero-order valence-electron chi connectivity index (χ0n) is 6.41. The maximum atomic E-state index is 9.16. The van der Waals surface area contributed by atoms with Gasteiger partial charge in [-0.25, -0.2) is 0 Å². The predicted octanol–water partition coefficient (Wildman–Crippen LogP) is -4.58. The number of quaternary nitrogens is 1. The van der Waals surface area contributed by atoms with Crippen molar-refractivity contribution < 1.29 is 31.3 Å². The lowest BCUT2D eigenvalue weighted by Crippen LogP contribution is -2.80. The molecule has 72 valence electrons. The summed E-state index contributed by atoms with van der Waals surface area (Å²) in [6, 6.07) is -0.890. The van der Waals surface area contributed by atoms with Crippen LogP contribution in [-0.4, -0.2) is 62.1 Å². The third kappa shape index (κ3) is 1.33. The van der Waals surface area contributed by atoms with E-state index in [1.807, 2.05) is 0 Å². The second-order valence-electron chi connectivity index (χ2n) is 3.12. The predicted molar refractivity (Wildman–Crippen MR) is 36.7 cm³/mol. The standard InChI is InChI=1S/C6H13NO5/c7-1-2(8)4(10)6(12)5(11)3(1)9/h1-6,8-12H,7H2/p+1/t1?,2-,3-,4-,5+,6?/m1/s1. The summed E-state index contributed by atoms with van der Waals surface area (Å²) in [5, 5.41) is 45.6. The molecule has 0 aromatic carbocycles. The summed E-state index contributed by atoms with van der Waals surface area (Å²) in [6.07, 6.45) is -7.04. The van der Waals surface area contributed by atoms with Crippen LogP contribution in [-0.2, 0) is 0 Å². The molecule has 0 amide bonds. The Morgan fingerprint density at radius 3 is 1.17 bits per heavy atom. The van der Waals surface area contributed by atoms with Gasteiger partial charge in [0.2, 0.25) is 0 Å². The van der Waals surface area contributed by atoms with Gasteiger partial charge in [0.1, 0.15) is 36.6 Å². The van der Waals surface area contributed by atoms with Crippen molar-refractivity contribution in [2.24, 2.45) is 0 Å². The Kier molecular flexibility index (Phi) is 2.67. The summed E-state index contributed by atoms with van der Waals surface area (Å²) in [6.45, 7) is 0. The van der Waals surface area contributed by atoms with Gasteiger partial charge >= 0.3 is 0 Å². The molecule has 6 nitrogen and oxygen atoms in total. The van der Waals surface area contributed by atoms with Crippen molar-refractivity contribution in [2.75, 3.05) is 0 Å². The van der Waals surface area contributed by atoms with Crippen LogP contribution in [0.3, 0.4) is 0 Å². The average Bonchev–Trinajstić information content (AvgIpc) is 2.08. The molecule has 1 aliphatic carbocycles. The fourth-order valence-corrected chi connectivity index (χ4v) is 1.31. The SMILES string of the molecule is [NH3+]C1[C@@H](O)[C@H](O)C(O)[C@H](O)[C@@H]1O. The van der Waals surface area contributed by atoms with E-state index in [2.05, 4.69) is 5.73 Å². The minimum atomic E-state index is -1.52. The summed E-state index contributed by atoms with van der Waals surface area (Å²) >= 11 is 0. The highest BCUT2D eigenvalue weighted by Gasteiger charge is 2.48. The molecule has 0 aromatic rings. The van der Waals surface area contributed by atoms with Crippen LogP contribution in [0.15, 0.2) is 0 Å². The molecule has 1 rings (SSSR count). The van der Waals surface area contributed by atoms with E-state index in [0.717, 1.165) is 0 Å². The van der Waals surface area contributed by atoms with Crippen LogP contribution in [0, 0.1) is 0 Å². The molecule has 1 aliphatic rings. The summed E-state index contributed by atoms with van der Waals surface area (Å²) in [5.74, 6) is 0. The molecule has 1 fully saturated rings. The number of hydrogen-bond donors (Lipinski definition) is 6. The molecule has 0 aromatic heterocycles. The Bertz CT molecular complexity index is 107. The monoisotopic (exact) mass is 180 g/mol. The lowest BCUT2D eigenvalue weighted by molar-refractivity contribution is -0.474. The van der Waals surface area contributed by atoms with E-state index in [1.54, 1.807) is 0 Å². The van der Waals surface area contributed by atoms with Crippen LogP contribution in [0.25, 0.3) is 0 Å². The van der Waals surface area contributed by atoms with Crippen molar-refractivity contribution >= 4 is 0 Å². The summed E-state index contributed by atoms with van der Waals surface area (Å²) in [7, 11) is 0. The molecule has 0 spiro atoms. The van der Waals surface area contributed by atoms with Crippen molar-refractivity contribution in [3.63, 3.8) is 0 Å². The van der Waals surface area contributed by atoms with Gasteiger partial charge in [0.05, 0.1) is 0 Å². The summed E-state index contributed by atoms with van der Waals surface area (Å²) < 4.78 is 0. The molecule has 0 aliphatic heterocycles.